The third kappa shape index (κ3) is 9.44. The van der Waals surface area contributed by atoms with Crippen LogP contribution in [0, 0.1) is 6.92 Å². The number of benzene rings is 1. The first-order valence-electron chi connectivity index (χ1n) is 9.91. The van der Waals surface area contributed by atoms with Crippen molar-refractivity contribution in [3.8, 4) is 0 Å². The van der Waals surface area contributed by atoms with Crippen LogP contribution < -0.4 is 10.6 Å². The van der Waals surface area contributed by atoms with E-state index in [4.69, 9.17) is 4.74 Å². The van der Waals surface area contributed by atoms with Gasteiger partial charge in [0.15, 0.2) is 0 Å². The van der Waals surface area contributed by atoms with Gasteiger partial charge in [0.1, 0.15) is 0 Å². The van der Waals surface area contributed by atoms with Gasteiger partial charge < -0.3 is 10.1 Å². The maximum absolute atomic E-state index is 11.9. The molecule has 0 saturated heterocycles. The van der Waals surface area contributed by atoms with Crippen molar-refractivity contribution in [2.75, 3.05) is 17.2 Å². The fourth-order valence-electron chi connectivity index (χ4n) is 2.65. The van der Waals surface area contributed by atoms with Crippen molar-refractivity contribution in [1.29, 1.82) is 0 Å². The van der Waals surface area contributed by atoms with Gasteiger partial charge in [-0.1, -0.05) is 58.4 Å². The SMILES string of the molecule is CCCCCCCCCOC(=O)Nc1ccc(C)c(NC(=O)CCC)c1. The summed E-state index contributed by atoms with van der Waals surface area (Å²) in [6, 6.07) is 5.44. The fraction of sp³-hybridized carbons (Fsp3) is 0.619. The summed E-state index contributed by atoms with van der Waals surface area (Å²) in [6.07, 6.45) is 9.13. The van der Waals surface area contributed by atoms with Gasteiger partial charge in [-0.25, -0.2) is 4.79 Å². The molecule has 0 radical (unpaired) electrons. The summed E-state index contributed by atoms with van der Waals surface area (Å²) in [5, 5.41) is 5.60. The number of ether oxygens (including phenoxy) is 1. The van der Waals surface area contributed by atoms with Crippen LogP contribution in [0.5, 0.6) is 0 Å². The molecule has 26 heavy (non-hydrogen) atoms. The Bertz CT molecular complexity index is 558. The average molecular weight is 363 g/mol. The van der Waals surface area contributed by atoms with E-state index in [0.29, 0.717) is 24.4 Å². The molecule has 0 bridgehead atoms. The first-order chi connectivity index (χ1) is 12.6. The Kier molecular flexibility index (Phi) is 11.2. The van der Waals surface area contributed by atoms with Crippen LogP contribution in [0.3, 0.4) is 0 Å². The van der Waals surface area contributed by atoms with E-state index in [-0.39, 0.29) is 5.91 Å². The van der Waals surface area contributed by atoms with Crippen molar-refractivity contribution in [2.24, 2.45) is 0 Å². The third-order valence-corrected chi connectivity index (χ3v) is 4.22. The number of carbonyl (C=O) groups excluding carboxylic acids is 2. The minimum absolute atomic E-state index is 0.0192. The van der Waals surface area contributed by atoms with E-state index >= 15 is 0 Å². The number of aryl methyl sites for hydroxylation is 1. The summed E-state index contributed by atoms with van der Waals surface area (Å²) in [5.41, 5.74) is 2.29. The highest BCUT2D eigenvalue weighted by atomic mass is 16.5. The predicted molar refractivity (Wildman–Crippen MR) is 108 cm³/mol. The number of carbonyl (C=O) groups is 2. The summed E-state index contributed by atoms with van der Waals surface area (Å²) in [4.78, 5) is 23.6. The number of rotatable bonds is 12. The zero-order chi connectivity index (χ0) is 19.2. The van der Waals surface area contributed by atoms with Crippen LogP contribution >= 0.6 is 0 Å². The molecule has 2 amide bonds. The summed E-state index contributed by atoms with van der Waals surface area (Å²) in [7, 11) is 0. The topological polar surface area (TPSA) is 67.4 Å². The molecule has 1 aromatic rings. The molecule has 0 aliphatic heterocycles. The first-order valence-corrected chi connectivity index (χ1v) is 9.91. The molecule has 0 atom stereocenters. The zero-order valence-corrected chi connectivity index (χ0v) is 16.5. The Morgan fingerprint density at radius 1 is 0.923 bits per heavy atom. The summed E-state index contributed by atoms with van der Waals surface area (Å²) < 4.78 is 5.23. The number of hydrogen-bond donors (Lipinski definition) is 2. The first kappa shape index (κ1) is 22.0. The van der Waals surface area contributed by atoms with Gasteiger partial charge in [0, 0.05) is 17.8 Å². The molecule has 0 spiro atoms. The maximum atomic E-state index is 11.9. The van der Waals surface area contributed by atoms with E-state index in [1.54, 1.807) is 12.1 Å². The molecule has 0 fully saturated rings. The Morgan fingerprint density at radius 2 is 1.62 bits per heavy atom. The van der Waals surface area contributed by atoms with Crippen LogP contribution in [0.1, 0.15) is 77.2 Å². The number of nitrogens with one attached hydrogen (secondary N) is 2. The number of amides is 2. The minimum atomic E-state index is -0.453. The Morgan fingerprint density at radius 3 is 2.31 bits per heavy atom. The number of hydrogen-bond acceptors (Lipinski definition) is 3. The highest BCUT2D eigenvalue weighted by Gasteiger charge is 2.08. The summed E-state index contributed by atoms with van der Waals surface area (Å²) in [6.45, 7) is 6.53. The molecule has 0 heterocycles. The largest absolute Gasteiger partial charge is 0.449 e. The number of unbranched alkanes of at least 4 members (excludes halogenated alkanes) is 6. The lowest BCUT2D eigenvalue weighted by Crippen LogP contribution is -2.15. The van der Waals surface area contributed by atoms with Crippen molar-refractivity contribution in [1.82, 2.24) is 0 Å². The van der Waals surface area contributed by atoms with E-state index < -0.39 is 6.09 Å². The minimum Gasteiger partial charge on any atom is -0.449 e. The van der Waals surface area contributed by atoms with Gasteiger partial charge in [-0.2, -0.15) is 0 Å². The fourth-order valence-corrected chi connectivity index (χ4v) is 2.65. The molecule has 5 heteroatoms. The highest BCUT2D eigenvalue weighted by molar-refractivity contribution is 5.93. The van der Waals surface area contributed by atoms with Crippen molar-refractivity contribution in [2.45, 2.75) is 78.6 Å². The average Bonchev–Trinajstić information content (AvgIpc) is 2.60. The molecule has 0 aliphatic carbocycles. The van der Waals surface area contributed by atoms with Crippen LogP contribution in [-0.4, -0.2) is 18.6 Å². The molecule has 0 saturated carbocycles. The summed E-state index contributed by atoms with van der Waals surface area (Å²) >= 11 is 0. The normalized spacial score (nSPS) is 10.4. The van der Waals surface area contributed by atoms with Crippen LogP contribution in [0.4, 0.5) is 16.2 Å². The van der Waals surface area contributed by atoms with Gasteiger partial charge in [0.05, 0.1) is 6.61 Å². The van der Waals surface area contributed by atoms with Gasteiger partial charge >= 0.3 is 6.09 Å². The molecular formula is C21H34N2O3. The molecule has 5 nitrogen and oxygen atoms in total. The van der Waals surface area contributed by atoms with Gasteiger partial charge in [0.2, 0.25) is 5.91 Å². The van der Waals surface area contributed by atoms with E-state index in [2.05, 4.69) is 17.6 Å². The lowest BCUT2D eigenvalue weighted by Gasteiger charge is -2.11. The van der Waals surface area contributed by atoms with Crippen LogP contribution in [0.2, 0.25) is 0 Å². The molecule has 0 aliphatic rings. The Labute approximate surface area is 157 Å². The summed E-state index contributed by atoms with van der Waals surface area (Å²) in [5.74, 6) is -0.0192. The molecule has 146 valence electrons. The van der Waals surface area contributed by atoms with Crippen molar-refractivity contribution >= 4 is 23.4 Å². The van der Waals surface area contributed by atoms with E-state index in [1.807, 2.05) is 19.9 Å². The van der Waals surface area contributed by atoms with Crippen molar-refractivity contribution in [3.63, 3.8) is 0 Å². The van der Waals surface area contributed by atoms with E-state index in [1.165, 1.54) is 32.1 Å². The second-order valence-electron chi connectivity index (χ2n) is 6.71. The quantitative estimate of drug-likeness (QED) is 0.446. The maximum Gasteiger partial charge on any atom is 0.411 e. The third-order valence-electron chi connectivity index (χ3n) is 4.22. The predicted octanol–water partition coefficient (Wildman–Crippen LogP) is 6.03. The molecule has 2 N–H and O–H groups in total. The second-order valence-corrected chi connectivity index (χ2v) is 6.71. The Hall–Kier alpha value is -2.04. The van der Waals surface area contributed by atoms with Gasteiger partial charge in [0.25, 0.3) is 0 Å². The van der Waals surface area contributed by atoms with Crippen LogP contribution in [0.15, 0.2) is 18.2 Å². The van der Waals surface area contributed by atoms with E-state index in [0.717, 1.165) is 24.8 Å². The molecule has 1 aromatic carbocycles. The van der Waals surface area contributed by atoms with Gasteiger partial charge in [-0.3, -0.25) is 10.1 Å². The molecule has 0 unspecified atom stereocenters. The lowest BCUT2D eigenvalue weighted by molar-refractivity contribution is -0.116. The zero-order valence-electron chi connectivity index (χ0n) is 16.5. The monoisotopic (exact) mass is 362 g/mol. The van der Waals surface area contributed by atoms with Crippen molar-refractivity contribution < 1.29 is 14.3 Å². The van der Waals surface area contributed by atoms with Crippen LogP contribution in [0.25, 0.3) is 0 Å². The Balaban J connectivity index is 2.32. The smallest absolute Gasteiger partial charge is 0.411 e. The van der Waals surface area contributed by atoms with E-state index in [9.17, 15) is 9.59 Å². The standard InChI is InChI=1S/C21H34N2O3/c1-4-6-7-8-9-10-11-15-26-21(25)22-18-14-13-17(3)19(16-18)23-20(24)12-5-2/h13-14,16H,4-12,15H2,1-3H3,(H,22,25)(H,23,24). The highest BCUT2D eigenvalue weighted by Crippen LogP contribution is 2.21. The number of anilines is 2. The van der Waals surface area contributed by atoms with Gasteiger partial charge in [-0.15, -0.1) is 0 Å². The second kappa shape index (κ2) is 13.2. The van der Waals surface area contributed by atoms with Gasteiger partial charge in [-0.05, 0) is 37.5 Å². The molecule has 0 aromatic heterocycles. The van der Waals surface area contributed by atoms with Crippen molar-refractivity contribution in [3.05, 3.63) is 23.8 Å². The molecule has 1 rings (SSSR count). The van der Waals surface area contributed by atoms with Crippen LogP contribution in [-0.2, 0) is 9.53 Å². The molecular weight excluding hydrogens is 328 g/mol. The lowest BCUT2D eigenvalue weighted by atomic mass is 10.1.